The molecule has 0 spiro atoms. The summed E-state index contributed by atoms with van der Waals surface area (Å²) in [6, 6.07) is 12.2. The van der Waals surface area contributed by atoms with Crippen LogP contribution < -0.4 is 11.1 Å². The largest absolute Gasteiger partial charge is 0.360 e. The first kappa shape index (κ1) is 19.4. The van der Waals surface area contributed by atoms with Gasteiger partial charge in [0.2, 0.25) is 5.91 Å². The van der Waals surface area contributed by atoms with Gasteiger partial charge in [0.05, 0.1) is 0 Å². The van der Waals surface area contributed by atoms with Gasteiger partial charge in [0.25, 0.3) is 0 Å². The number of benzene rings is 1. The monoisotopic (exact) mass is 364 g/mol. The molecule has 3 rings (SSSR count). The number of anilines is 1. The van der Waals surface area contributed by atoms with Gasteiger partial charge in [-0.2, -0.15) is 0 Å². The molecule has 1 aliphatic rings. The van der Waals surface area contributed by atoms with Crippen molar-refractivity contribution in [2.45, 2.75) is 19.3 Å². The van der Waals surface area contributed by atoms with Crippen molar-refractivity contribution in [3.63, 3.8) is 0 Å². The first-order valence-electron chi connectivity index (χ1n) is 8.36. The van der Waals surface area contributed by atoms with Crippen molar-refractivity contribution >= 4 is 24.1 Å². The first-order valence-corrected chi connectivity index (χ1v) is 8.36. The first-order chi connectivity index (χ1) is 11.7. The van der Waals surface area contributed by atoms with E-state index in [2.05, 4.69) is 39.6 Å². The lowest BCUT2D eigenvalue weighted by atomic mass is 9.89. The van der Waals surface area contributed by atoms with Crippen LogP contribution in [0.1, 0.15) is 23.7 Å². The van der Waals surface area contributed by atoms with Crippen LogP contribution in [-0.4, -0.2) is 42.1 Å². The third kappa shape index (κ3) is 5.04. The maximum atomic E-state index is 12.0. The van der Waals surface area contributed by atoms with E-state index >= 15 is 0 Å². The fourth-order valence-corrected chi connectivity index (χ4v) is 3.35. The summed E-state index contributed by atoms with van der Waals surface area (Å²) in [5.74, 6) is 1.99. The van der Waals surface area contributed by atoms with Crippen LogP contribution in [0.3, 0.4) is 0 Å². The number of likely N-dealkylation sites (tertiary alicyclic amines) is 1. The summed E-state index contributed by atoms with van der Waals surface area (Å²) in [7, 11) is 0. The van der Waals surface area contributed by atoms with Gasteiger partial charge in [-0.25, -0.2) is 0 Å². The molecule has 1 aromatic carbocycles. The number of aromatic nitrogens is 1. The van der Waals surface area contributed by atoms with E-state index in [9.17, 15) is 4.79 Å². The van der Waals surface area contributed by atoms with E-state index in [4.69, 9.17) is 10.3 Å². The molecule has 136 valence electrons. The third-order valence-corrected chi connectivity index (χ3v) is 4.60. The molecule has 1 saturated heterocycles. The van der Waals surface area contributed by atoms with Crippen LogP contribution in [0.2, 0.25) is 0 Å². The number of nitrogens with two attached hydrogens (primary N) is 1. The Morgan fingerprint density at radius 1 is 1.36 bits per heavy atom. The molecule has 2 aromatic rings. The highest BCUT2D eigenvalue weighted by atomic mass is 35.5. The predicted molar refractivity (Wildman–Crippen MR) is 99.9 cm³/mol. The van der Waals surface area contributed by atoms with E-state index in [1.165, 1.54) is 5.56 Å². The standard InChI is InChI=1S/C18H24N4O2.ClH/c1-13-9-17(21-24-13)20-18(23)7-8-22-11-15(10-19)16(12-22)14-5-3-2-4-6-14;/h2-6,9,15-16H,7-8,10-12,19H2,1H3,(H,20,21,23);1H/t15-,16+;/m1./s1. The van der Waals surface area contributed by atoms with E-state index in [1.807, 2.05) is 6.07 Å². The number of halogens is 1. The number of nitrogens with zero attached hydrogens (tertiary/aromatic N) is 2. The minimum Gasteiger partial charge on any atom is -0.360 e. The van der Waals surface area contributed by atoms with Crippen LogP contribution in [0, 0.1) is 12.8 Å². The molecule has 0 unspecified atom stereocenters. The average Bonchev–Trinajstić information content (AvgIpc) is 3.19. The number of carbonyl (C=O) groups is 1. The van der Waals surface area contributed by atoms with Gasteiger partial charge in [0.1, 0.15) is 5.76 Å². The molecular formula is C18H25ClN4O2. The number of amides is 1. The predicted octanol–water partition coefficient (Wildman–Crippen LogP) is 2.41. The van der Waals surface area contributed by atoms with Crippen LogP contribution in [0.4, 0.5) is 5.82 Å². The molecule has 6 nitrogen and oxygen atoms in total. The molecule has 0 radical (unpaired) electrons. The fourth-order valence-electron chi connectivity index (χ4n) is 3.35. The molecule has 1 fully saturated rings. The summed E-state index contributed by atoms with van der Waals surface area (Å²) in [6.45, 7) is 5.07. The second kappa shape index (κ2) is 8.99. The highest BCUT2D eigenvalue weighted by Gasteiger charge is 2.32. The zero-order valence-electron chi connectivity index (χ0n) is 14.4. The summed E-state index contributed by atoms with van der Waals surface area (Å²) >= 11 is 0. The quantitative estimate of drug-likeness (QED) is 0.822. The summed E-state index contributed by atoms with van der Waals surface area (Å²) < 4.78 is 4.95. The molecule has 2 atom stereocenters. The Hall–Kier alpha value is -1.89. The van der Waals surface area contributed by atoms with E-state index in [0.29, 0.717) is 36.4 Å². The number of hydrogen-bond donors (Lipinski definition) is 2. The maximum Gasteiger partial charge on any atom is 0.226 e. The molecule has 2 heterocycles. The van der Waals surface area contributed by atoms with Crippen molar-refractivity contribution in [1.29, 1.82) is 0 Å². The zero-order valence-corrected chi connectivity index (χ0v) is 15.2. The molecule has 7 heteroatoms. The molecule has 1 amide bonds. The maximum absolute atomic E-state index is 12.0. The fraction of sp³-hybridized carbons (Fsp3) is 0.444. The molecule has 1 aliphatic heterocycles. The molecular weight excluding hydrogens is 340 g/mol. The number of aryl methyl sites for hydroxylation is 1. The van der Waals surface area contributed by atoms with Crippen LogP contribution in [0.15, 0.2) is 40.9 Å². The van der Waals surface area contributed by atoms with E-state index in [1.54, 1.807) is 13.0 Å². The van der Waals surface area contributed by atoms with Gasteiger partial charge in [0, 0.05) is 38.0 Å². The minimum absolute atomic E-state index is 0. The van der Waals surface area contributed by atoms with Crippen LogP contribution in [0.5, 0.6) is 0 Å². The Bertz CT molecular complexity index is 677. The van der Waals surface area contributed by atoms with Gasteiger partial charge in [-0.1, -0.05) is 35.5 Å². The van der Waals surface area contributed by atoms with Gasteiger partial charge >= 0.3 is 0 Å². The second-order valence-corrected chi connectivity index (χ2v) is 6.39. The zero-order chi connectivity index (χ0) is 16.9. The SMILES string of the molecule is Cc1cc(NC(=O)CCN2C[C@@H](CN)[C@H](c3ccccc3)C2)no1.Cl. The van der Waals surface area contributed by atoms with E-state index < -0.39 is 0 Å². The Morgan fingerprint density at radius 2 is 2.12 bits per heavy atom. The summed E-state index contributed by atoms with van der Waals surface area (Å²) in [6.07, 6.45) is 0.435. The molecule has 1 aromatic heterocycles. The van der Waals surface area contributed by atoms with Crippen molar-refractivity contribution in [3.05, 3.63) is 47.7 Å². The van der Waals surface area contributed by atoms with Crippen LogP contribution in [-0.2, 0) is 4.79 Å². The topological polar surface area (TPSA) is 84.4 Å². The Morgan fingerprint density at radius 3 is 2.76 bits per heavy atom. The van der Waals surface area contributed by atoms with E-state index in [0.717, 1.165) is 19.6 Å². The average molecular weight is 365 g/mol. The molecule has 0 saturated carbocycles. The van der Waals surface area contributed by atoms with Crippen molar-refractivity contribution in [2.75, 3.05) is 31.5 Å². The van der Waals surface area contributed by atoms with Gasteiger partial charge in [-0.05, 0) is 24.9 Å². The Balaban J connectivity index is 0.00000225. The third-order valence-electron chi connectivity index (χ3n) is 4.60. The summed E-state index contributed by atoms with van der Waals surface area (Å²) in [4.78, 5) is 14.4. The highest BCUT2D eigenvalue weighted by Crippen LogP contribution is 2.31. The van der Waals surface area contributed by atoms with Gasteiger partial charge in [-0.15, -0.1) is 12.4 Å². The van der Waals surface area contributed by atoms with Crippen molar-refractivity contribution in [1.82, 2.24) is 10.1 Å². The van der Waals surface area contributed by atoms with Crippen molar-refractivity contribution in [3.8, 4) is 0 Å². The normalized spacial score (nSPS) is 20.2. The molecule has 3 N–H and O–H groups in total. The molecule has 25 heavy (non-hydrogen) atoms. The lowest BCUT2D eigenvalue weighted by molar-refractivity contribution is -0.116. The summed E-state index contributed by atoms with van der Waals surface area (Å²) in [5.41, 5.74) is 7.29. The number of carbonyl (C=O) groups excluding carboxylic acids is 1. The molecule has 0 bridgehead atoms. The van der Waals surface area contributed by atoms with Gasteiger partial charge < -0.3 is 20.5 Å². The molecule has 0 aliphatic carbocycles. The lowest BCUT2D eigenvalue weighted by Gasteiger charge is -2.16. The van der Waals surface area contributed by atoms with Crippen LogP contribution >= 0.6 is 12.4 Å². The van der Waals surface area contributed by atoms with Crippen molar-refractivity contribution in [2.24, 2.45) is 11.7 Å². The number of hydrogen-bond acceptors (Lipinski definition) is 5. The Kier molecular flexibility index (Phi) is 6.99. The van der Waals surface area contributed by atoms with Crippen LogP contribution in [0.25, 0.3) is 0 Å². The Labute approximate surface area is 154 Å². The summed E-state index contributed by atoms with van der Waals surface area (Å²) in [5, 5.41) is 6.54. The van der Waals surface area contributed by atoms with E-state index in [-0.39, 0.29) is 18.3 Å². The number of nitrogens with one attached hydrogen (secondary N) is 1. The minimum atomic E-state index is -0.0456. The smallest absolute Gasteiger partial charge is 0.226 e. The van der Waals surface area contributed by atoms with Gasteiger partial charge in [0.15, 0.2) is 5.82 Å². The van der Waals surface area contributed by atoms with Crippen molar-refractivity contribution < 1.29 is 9.32 Å². The van der Waals surface area contributed by atoms with Gasteiger partial charge in [-0.3, -0.25) is 4.79 Å². The highest BCUT2D eigenvalue weighted by molar-refractivity contribution is 5.89. The lowest BCUT2D eigenvalue weighted by Crippen LogP contribution is -2.27. The second-order valence-electron chi connectivity index (χ2n) is 6.39. The number of rotatable bonds is 6.